The van der Waals surface area contributed by atoms with Gasteiger partial charge in [0.1, 0.15) is 23.8 Å². The monoisotopic (exact) mass is 817 g/mol. The van der Waals surface area contributed by atoms with Gasteiger partial charge >= 0.3 is 5.97 Å². The largest absolute Gasteiger partial charge is 0.420 e. The molecule has 0 saturated carbocycles. The molecule has 1 unspecified atom stereocenters. The van der Waals surface area contributed by atoms with Crippen molar-refractivity contribution in [2.24, 2.45) is 5.16 Å². The molecule has 14 heteroatoms. The van der Waals surface area contributed by atoms with E-state index < -0.39 is 52.2 Å². The number of anilines is 1. The van der Waals surface area contributed by atoms with Gasteiger partial charge < -0.3 is 29.7 Å². The molecule has 0 radical (unpaired) electrons. The van der Waals surface area contributed by atoms with Gasteiger partial charge in [-0.2, -0.15) is 0 Å². The summed E-state index contributed by atoms with van der Waals surface area (Å²) in [4.78, 5) is 75.0. The number of oxime groups is 1. The molecule has 0 fully saturated rings. The second kappa shape index (κ2) is 22.1. The van der Waals surface area contributed by atoms with Crippen molar-refractivity contribution >= 4 is 35.1 Å². The summed E-state index contributed by atoms with van der Waals surface area (Å²) < 4.78 is 35.1. The average molecular weight is 818 g/mol. The number of pyridine rings is 1. The van der Waals surface area contributed by atoms with E-state index in [1.54, 1.807) is 36.1 Å². The molecular formula is C45H57F2N5O7. The number of benzene rings is 2. The first-order valence-electron chi connectivity index (χ1n) is 21.0. The zero-order valence-electron chi connectivity index (χ0n) is 34.5. The van der Waals surface area contributed by atoms with Crippen LogP contribution in [0.3, 0.4) is 0 Å². The predicted octanol–water partition coefficient (Wildman–Crippen LogP) is 8.42. The fourth-order valence-electron chi connectivity index (χ4n) is 7.48. The number of carbonyl (C=O) groups is 4. The van der Waals surface area contributed by atoms with E-state index in [-0.39, 0.29) is 55.7 Å². The highest BCUT2D eigenvalue weighted by Gasteiger charge is 2.39. The summed E-state index contributed by atoms with van der Waals surface area (Å²) in [7, 11) is 0. The molecule has 3 aromatic rings. The van der Waals surface area contributed by atoms with Crippen molar-refractivity contribution in [1.82, 2.24) is 14.8 Å². The molecule has 2 aliphatic heterocycles. The van der Waals surface area contributed by atoms with Crippen molar-refractivity contribution in [2.75, 3.05) is 18.5 Å². The Morgan fingerprint density at radius 2 is 1.61 bits per heavy atom. The van der Waals surface area contributed by atoms with Crippen molar-refractivity contribution in [3.05, 3.63) is 92.9 Å². The minimum absolute atomic E-state index is 0.0154. The highest BCUT2D eigenvalue weighted by molar-refractivity contribution is 6.00. The lowest BCUT2D eigenvalue weighted by molar-refractivity contribution is -0.133. The summed E-state index contributed by atoms with van der Waals surface area (Å²) in [5, 5.41) is 9.56. The quantitative estimate of drug-likeness (QED) is 0.0912. The summed E-state index contributed by atoms with van der Waals surface area (Å²) in [5.41, 5.74) is 0.0650. The van der Waals surface area contributed by atoms with Crippen LogP contribution in [-0.2, 0) is 27.4 Å². The fourth-order valence-corrected chi connectivity index (χ4v) is 7.48. The number of rotatable bonds is 19. The number of unbranched alkanes of at least 4 members (excludes halogenated alkanes) is 10. The van der Waals surface area contributed by atoms with Crippen LogP contribution in [-0.4, -0.2) is 58.1 Å². The van der Waals surface area contributed by atoms with E-state index in [9.17, 15) is 32.8 Å². The third kappa shape index (κ3) is 12.8. The van der Waals surface area contributed by atoms with E-state index in [1.807, 2.05) is 6.92 Å². The Balaban J connectivity index is 1.27. The SMILES string of the molecule is CCCCCCCCCCCCCC(=O)Nc1ccc(CC(=O)Oc2c3n(cc(C(=O)NCc4ccc(F)cc4F)c2=O)C2C/C(C)=N\OCC[C@H](C)N(C2)C3=O)cc1. The number of nitrogens with one attached hydrogen (secondary N) is 2. The number of carbonyl (C=O) groups excluding carboxylic acids is 4. The van der Waals surface area contributed by atoms with Crippen LogP contribution in [0.2, 0.25) is 0 Å². The Morgan fingerprint density at radius 3 is 2.29 bits per heavy atom. The first kappa shape index (κ1) is 44.7. The van der Waals surface area contributed by atoms with Gasteiger partial charge in [0.2, 0.25) is 17.1 Å². The summed E-state index contributed by atoms with van der Waals surface area (Å²) >= 11 is 0. The first-order chi connectivity index (χ1) is 28.4. The molecular weight excluding hydrogens is 761 g/mol. The minimum Gasteiger partial charge on any atom is -0.420 e. The summed E-state index contributed by atoms with van der Waals surface area (Å²) in [6, 6.07) is 8.74. The Labute approximate surface area is 344 Å². The number of ether oxygens (including phenoxy) is 1. The van der Waals surface area contributed by atoms with Crippen molar-refractivity contribution in [2.45, 2.75) is 136 Å². The fraction of sp³-hybridized carbons (Fsp3) is 0.511. The Morgan fingerprint density at radius 1 is 0.932 bits per heavy atom. The van der Waals surface area contributed by atoms with Crippen LogP contribution >= 0.6 is 0 Å². The molecule has 3 amide bonds. The van der Waals surface area contributed by atoms with Crippen molar-refractivity contribution in [1.29, 1.82) is 0 Å². The lowest BCUT2D eigenvalue weighted by Crippen LogP contribution is -2.50. The van der Waals surface area contributed by atoms with E-state index in [1.165, 1.54) is 68.2 Å². The molecule has 2 aliphatic rings. The lowest BCUT2D eigenvalue weighted by Gasteiger charge is -2.40. The van der Waals surface area contributed by atoms with Gasteiger partial charge in [0.05, 0.1) is 18.2 Å². The van der Waals surface area contributed by atoms with Gasteiger partial charge in [-0.05, 0) is 44.0 Å². The molecule has 2 aromatic carbocycles. The van der Waals surface area contributed by atoms with Crippen molar-refractivity contribution in [3.8, 4) is 5.75 Å². The third-order valence-electron chi connectivity index (χ3n) is 10.9. The van der Waals surface area contributed by atoms with Crippen LogP contribution in [0.4, 0.5) is 14.5 Å². The maximum absolute atomic E-state index is 14.4. The van der Waals surface area contributed by atoms with Crippen molar-refractivity contribution in [3.63, 3.8) is 0 Å². The van der Waals surface area contributed by atoms with Crippen LogP contribution in [0.15, 0.2) is 58.6 Å². The van der Waals surface area contributed by atoms with Crippen LogP contribution in [0, 0.1) is 11.6 Å². The third-order valence-corrected chi connectivity index (χ3v) is 10.9. The number of aromatic nitrogens is 1. The molecule has 2 N–H and O–H groups in total. The van der Waals surface area contributed by atoms with Gasteiger partial charge in [0.15, 0.2) is 5.69 Å². The zero-order valence-corrected chi connectivity index (χ0v) is 34.5. The number of fused-ring (bicyclic) bond motifs is 4. The summed E-state index contributed by atoms with van der Waals surface area (Å²) in [6.45, 7) is 5.95. The molecule has 5 rings (SSSR count). The van der Waals surface area contributed by atoms with Gasteiger partial charge in [0, 0.05) is 61.9 Å². The van der Waals surface area contributed by atoms with E-state index in [2.05, 4.69) is 22.7 Å². The van der Waals surface area contributed by atoms with Gasteiger partial charge in [-0.25, -0.2) is 8.78 Å². The second-order valence-electron chi connectivity index (χ2n) is 15.7. The molecule has 0 spiro atoms. The van der Waals surface area contributed by atoms with Gasteiger partial charge in [0.25, 0.3) is 11.8 Å². The molecule has 12 nitrogen and oxygen atoms in total. The first-order valence-corrected chi connectivity index (χ1v) is 21.0. The molecule has 0 saturated heterocycles. The molecule has 0 aliphatic carbocycles. The molecule has 2 atom stereocenters. The highest BCUT2D eigenvalue weighted by Crippen LogP contribution is 2.32. The Hall–Kier alpha value is -5.40. The van der Waals surface area contributed by atoms with E-state index in [0.29, 0.717) is 35.9 Å². The van der Waals surface area contributed by atoms with E-state index >= 15 is 0 Å². The van der Waals surface area contributed by atoms with Gasteiger partial charge in [-0.3, -0.25) is 24.0 Å². The maximum Gasteiger partial charge on any atom is 0.315 e. The number of esters is 1. The lowest BCUT2D eigenvalue weighted by atomic mass is 10.0. The highest BCUT2D eigenvalue weighted by atomic mass is 19.1. The van der Waals surface area contributed by atoms with E-state index in [4.69, 9.17) is 9.57 Å². The summed E-state index contributed by atoms with van der Waals surface area (Å²) in [6.07, 6.45) is 15.3. The van der Waals surface area contributed by atoms with Crippen LogP contribution in [0.5, 0.6) is 5.75 Å². The maximum atomic E-state index is 14.4. The molecule has 1 aromatic heterocycles. The van der Waals surface area contributed by atoms with Gasteiger partial charge in [-0.15, -0.1) is 0 Å². The van der Waals surface area contributed by atoms with E-state index in [0.717, 1.165) is 25.3 Å². The second-order valence-corrected chi connectivity index (χ2v) is 15.7. The number of halogens is 2. The Kier molecular flexibility index (Phi) is 16.7. The van der Waals surface area contributed by atoms with Crippen molar-refractivity contribution < 1.29 is 37.5 Å². The minimum atomic E-state index is -1.00. The molecule has 2 bridgehead atoms. The topological polar surface area (TPSA) is 148 Å². The predicted molar refractivity (Wildman–Crippen MR) is 222 cm³/mol. The normalized spacial score (nSPS) is 17.3. The van der Waals surface area contributed by atoms with Crippen LogP contribution in [0.1, 0.15) is 149 Å². The number of nitrogens with zero attached hydrogens (tertiary/aromatic N) is 3. The summed E-state index contributed by atoms with van der Waals surface area (Å²) in [5.74, 6) is -4.68. The average Bonchev–Trinajstić information content (AvgIpc) is 3.20. The molecule has 59 heavy (non-hydrogen) atoms. The number of hydrogen-bond acceptors (Lipinski definition) is 8. The smallest absolute Gasteiger partial charge is 0.315 e. The molecule has 318 valence electrons. The molecule has 3 heterocycles. The zero-order chi connectivity index (χ0) is 42.3. The number of hydrogen-bond donors (Lipinski definition) is 2. The van der Waals surface area contributed by atoms with Crippen LogP contribution < -0.4 is 20.8 Å². The van der Waals surface area contributed by atoms with Crippen LogP contribution in [0.25, 0.3) is 0 Å². The van der Waals surface area contributed by atoms with Gasteiger partial charge in [-0.1, -0.05) is 94.5 Å². The Bertz CT molecular complexity index is 2030. The standard InChI is InChI=1S/C45H57F2N5O7/c1-4-5-6-7-8-9-10-11-12-13-14-15-39(53)49-35-20-16-32(17-21-35)25-40(54)59-43-41-45(57)51-28-36(24-30(2)50-58-23-22-31(51)3)52(41)29-37(42(43)55)44(56)48-27-33-18-19-34(46)26-38(33)47/h16-21,26,29,31,36H,4-15,22-25,27-28H2,1-3H3,(H,48,56)(H,49,53)/b50-30-/t31-,36?/m0/s1. The number of amides is 3.